The quantitative estimate of drug-likeness (QED) is 0.455. The lowest BCUT2D eigenvalue weighted by atomic mass is 10.3. The second-order valence-electron chi connectivity index (χ2n) is 3.33. The smallest absolute Gasteiger partial charge is 0.152 e. The molecule has 0 aromatic heterocycles. The zero-order chi connectivity index (χ0) is 12.4. The fourth-order valence-electron chi connectivity index (χ4n) is 0.960. The number of hydrogen-bond acceptors (Lipinski definition) is 4. The van der Waals surface area contributed by atoms with E-state index in [0.717, 1.165) is 29.5 Å². The summed E-state index contributed by atoms with van der Waals surface area (Å²) in [4.78, 5) is 0. The van der Waals surface area contributed by atoms with Crippen molar-refractivity contribution in [2.75, 3.05) is 12.3 Å². The third-order valence-corrected chi connectivity index (χ3v) is 4.60. The van der Waals surface area contributed by atoms with E-state index in [1.807, 2.05) is 4.31 Å². The summed E-state index contributed by atoms with van der Waals surface area (Å²) in [5.41, 5.74) is 5.54. The zero-order valence-corrected chi connectivity index (χ0v) is 13.2. The van der Waals surface area contributed by atoms with Crippen LogP contribution in [0.1, 0.15) is 39.5 Å². The molecule has 16 heavy (non-hydrogen) atoms. The van der Waals surface area contributed by atoms with Crippen molar-refractivity contribution in [2.24, 2.45) is 5.73 Å². The molecule has 0 aromatic carbocycles. The Morgan fingerprint density at radius 3 is 2.31 bits per heavy atom. The van der Waals surface area contributed by atoms with Crippen LogP contribution in [0.25, 0.3) is 0 Å². The number of thiocarbonyl (C=S) groups is 2. The molecule has 0 radical (unpaired) electrons. The van der Waals surface area contributed by atoms with Gasteiger partial charge in [0.2, 0.25) is 0 Å². The van der Waals surface area contributed by atoms with Crippen LogP contribution in [0.4, 0.5) is 0 Å². The summed E-state index contributed by atoms with van der Waals surface area (Å²) in [6.45, 7) is 5.27. The van der Waals surface area contributed by atoms with Crippen LogP contribution in [0.5, 0.6) is 0 Å². The average Bonchev–Trinajstić information content (AvgIpc) is 2.23. The fraction of sp³-hybridized carbons (Fsp3) is 0.800. The lowest BCUT2D eigenvalue weighted by molar-refractivity contribution is 0.634. The van der Waals surface area contributed by atoms with Crippen LogP contribution in [0.15, 0.2) is 0 Å². The monoisotopic (exact) mass is 296 g/mol. The molecule has 2 nitrogen and oxygen atoms in total. The minimum atomic E-state index is 0.439. The van der Waals surface area contributed by atoms with Crippen molar-refractivity contribution in [1.29, 1.82) is 0 Å². The van der Waals surface area contributed by atoms with Crippen LogP contribution in [0.3, 0.4) is 0 Å². The third kappa shape index (κ3) is 8.61. The van der Waals surface area contributed by atoms with Gasteiger partial charge in [0.15, 0.2) is 4.32 Å². The first-order valence-corrected chi connectivity index (χ1v) is 8.11. The van der Waals surface area contributed by atoms with Crippen molar-refractivity contribution in [1.82, 2.24) is 4.31 Å². The van der Waals surface area contributed by atoms with Crippen LogP contribution in [0.2, 0.25) is 0 Å². The highest BCUT2D eigenvalue weighted by molar-refractivity contribution is 8.27. The molecule has 0 atom stereocenters. The summed E-state index contributed by atoms with van der Waals surface area (Å²) in [5, 5.41) is 0. The first-order valence-electron chi connectivity index (χ1n) is 5.53. The second kappa shape index (κ2) is 10.6. The normalized spacial score (nSPS) is 10.1. The molecule has 0 aliphatic heterocycles. The lowest BCUT2D eigenvalue weighted by Crippen LogP contribution is -2.25. The third-order valence-electron chi connectivity index (χ3n) is 1.84. The average molecular weight is 297 g/mol. The summed E-state index contributed by atoms with van der Waals surface area (Å²) in [6.07, 6.45) is 4.66. The maximum absolute atomic E-state index is 5.54. The molecule has 0 rings (SSSR count). The van der Waals surface area contributed by atoms with Gasteiger partial charge in [-0.1, -0.05) is 62.9 Å². The zero-order valence-electron chi connectivity index (χ0n) is 9.90. The van der Waals surface area contributed by atoms with Gasteiger partial charge in [-0.05, 0) is 12.8 Å². The summed E-state index contributed by atoms with van der Waals surface area (Å²) in [5.74, 6) is 1.08. The predicted octanol–water partition coefficient (Wildman–Crippen LogP) is 3.80. The van der Waals surface area contributed by atoms with Crippen molar-refractivity contribution in [3.05, 3.63) is 0 Å². The molecule has 0 fully saturated rings. The maximum atomic E-state index is 5.54. The van der Waals surface area contributed by atoms with Gasteiger partial charge >= 0.3 is 0 Å². The number of hydrogen-bond donors (Lipinski definition) is 1. The molecule has 94 valence electrons. The Morgan fingerprint density at radius 2 is 1.81 bits per heavy atom. The number of rotatable bonds is 6. The molecule has 0 aromatic rings. The van der Waals surface area contributed by atoms with Gasteiger partial charge in [0.05, 0.1) is 0 Å². The van der Waals surface area contributed by atoms with Gasteiger partial charge in [-0.3, -0.25) is 4.31 Å². The highest BCUT2D eigenvalue weighted by atomic mass is 32.2. The molecule has 0 aliphatic carbocycles. The molecular formula is C10H20N2S4. The molecule has 6 heteroatoms. The Morgan fingerprint density at radius 1 is 1.19 bits per heavy atom. The molecule has 0 aliphatic rings. The second-order valence-corrected chi connectivity index (χ2v) is 6.82. The standard InChI is InChI=1S/C10H20N2S4/c1-3-5-7-12(16-9(11)13)10(14)15-8-6-4-2/h3-8H2,1-2H3,(H2,11,13). The number of nitrogens with zero attached hydrogens (tertiary/aromatic N) is 1. The van der Waals surface area contributed by atoms with Gasteiger partial charge in [0.25, 0.3) is 0 Å². The van der Waals surface area contributed by atoms with E-state index >= 15 is 0 Å². The van der Waals surface area contributed by atoms with Crippen molar-refractivity contribution >= 4 is 56.8 Å². The van der Waals surface area contributed by atoms with Crippen molar-refractivity contribution in [2.45, 2.75) is 39.5 Å². The van der Waals surface area contributed by atoms with Crippen molar-refractivity contribution in [3.63, 3.8) is 0 Å². The largest absolute Gasteiger partial charge is 0.383 e. The first kappa shape index (κ1) is 16.5. The fourth-order valence-corrected chi connectivity index (χ4v) is 3.31. The summed E-state index contributed by atoms with van der Waals surface area (Å²) < 4.78 is 3.39. The molecule has 0 unspecified atom stereocenters. The van der Waals surface area contributed by atoms with Gasteiger partial charge in [-0.25, -0.2) is 0 Å². The molecular weight excluding hydrogens is 276 g/mol. The number of thioether (sulfide) groups is 1. The molecule has 0 heterocycles. The molecule has 0 saturated carbocycles. The van der Waals surface area contributed by atoms with Crippen molar-refractivity contribution in [3.8, 4) is 0 Å². The minimum absolute atomic E-state index is 0.439. The Bertz CT molecular complexity index is 221. The van der Waals surface area contributed by atoms with E-state index in [0.29, 0.717) is 4.32 Å². The summed E-state index contributed by atoms with van der Waals surface area (Å²) >= 11 is 13.4. The number of unbranched alkanes of at least 4 members (excludes halogenated alkanes) is 2. The maximum Gasteiger partial charge on any atom is 0.152 e. The van der Waals surface area contributed by atoms with E-state index in [-0.39, 0.29) is 0 Å². The minimum Gasteiger partial charge on any atom is -0.383 e. The van der Waals surface area contributed by atoms with Crippen LogP contribution in [0, 0.1) is 0 Å². The highest BCUT2D eigenvalue weighted by Gasteiger charge is 2.11. The Hall–Kier alpha value is 0.480. The van der Waals surface area contributed by atoms with Crippen LogP contribution in [-0.2, 0) is 0 Å². The van der Waals surface area contributed by atoms with Gasteiger partial charge < -0.3 is 5.73 Å². The molecule has 0 saturated heterocycles. The first-order chi connectivity index (χ1) is 7.61. The highest BCUT2D eigenvalue weighted by Crippen LogP contribution is 2.20. The van der Waals surface area contributed by atoms with Gasteiger partial charge in [-0.15, -0.1) is 0 Å². The van der Waals surface area contributed by atoms with Gasteiger partial charge in [-0.2, -0.15) is 0 Å². The van der Waals surface area contributed by atoms with Gasteiger partial charge in [0, 0.05) is 24.2 Å². The summed E-state index contributed by atoms with van der Waals surface area (Å²) in [6, 6.07) is 0. The Kier molecular flexibility index (Phi) is 10.9. The molecule has 2 N–H and O–H groups in total. The van der Waals surface area contributed by atoms with E-state index in [4.69, 9.17) is 30.2 Å². The van der Waals surface area contributed by atoms with E-state index in [9.17, 15) is 0 Å². The molecule has 0 spiro atoms. The SMILES string of the molecule is CCCCSC(=S)N(CCCC)SC(N)=S. The lowest BCUT2D eigenvalue weighted by Gasteiger charge is -2.22. The van der Waals surface area contributed by atoms with E-state index in [1.54, 1.807) is 11.8 Å². The van der Waals surface area contributed by atoms with E-state index in [1.165, 1.54) is 24.8 Å². The predicted molar refractivity (Wildman–Crippen MR) is 86.0 cm³/mol. The Balaban J connectivity index is 4.04. The van der Waals surface area contributed by atoms with Crippen LogP contribution in [-0.4, -0.2) is 25.2 Å². The molecule has 0 amide bonds. The Labute approximate surface area is 118 Å². The van der Waals surface area contributed by atoms with E-state index < -0.39 is 0 Å². The van der Waals surface area contributed by atoms with Crippen LogP contribution < -0.4 is 5.73 Å². The van der Waals surface area contributed by atoms with Gasteiger partial charge in [0.1, 0.15) is 4.32 Å². The van der Waals surface area contributed by atoms with Crippen molar-refractivity contribution < 1.29 is 0 Å². The summed E-state index contributed by atoms with van der Waals surface area (Å²) in [7, 11) is 0. The van der Waals surface area contributed by atoms with E-state index in [2.05, 4.69) is 13.8 Å². The topological polar surface area (TPSA) is 29.3 Å². The van der Waals surface area contributed by atoms with Crippen LogP contribution >= 0.6 is 48.1 Å². The number of nitrogens with two attached hydrogens (primary N) is 1. The molecule has 0 bridgehead atoms.